The number of aryl methyl sites for hydroxylation is 3. The molecule has 0 aliphatic heterocycles. The fraction of sp³-hybridized carbons (Fsp3) is 0.130. The van der Waals surface area contributed by atoms with Gasteiger partial charge in [-0.1, -0.05) is 35.9 Å². The largest absolute Gasteiger partial charge is 0.290 e. The highest BCUT2D eigenvalue weighted by molar-refractivity contribution is 6.10. The molecule has 0 bridgehead atoms. The van der Waals surface area contributed by atoms with Crippen molar-refractivity contribution in [1.29, 1.82) is 0 Å². The zero-order valence-corrected chi connectivity index (χ0v) is 15.1. The summed E-state index contributed by atoms with van der Waals surface area (Å²) in [6.07, 6.45) is 3.83. The Morgan fingerprint density at radius 2 is 1.62 bits per heavy atom. The number of rotatable bonds is 1. The Hall–Kier alpha value is -3.20. The summed E-state index contributed by atoms with van der Waals surface area (Å²) >= 11 is 0. The van der Waals surface area contributed by atoms with Crippen molar-refractivity contribution in [2.75, 3.05) is 0 Å². The molecule has 0 saturated carbocycles. The molecule has 0 amide bonds. The smallest absolute Gasteiger partial charge is 0.164 e. The molecular weight excluding hydrogens is 318 g/mol. The van der Waals surface area contributed by atoms with E-state index >= 15 is 0 Å². The standard InChI is InChI=1S/C23H19N3/c1-14-9-10-19-18(12-14)17-8-5-11-24-22(17)23-25-13-20(26(19)23)21-15(2)6-4-7-16(21)3/h4-13H,1-3H3. The highest BCUT2D eigenvalue weighted by Gasteiger charge is 2.17. The monoisotopic (exact) mass is 337 g/mol. The minimum Gasteiger partial charge on any atom is -0.290 e. The average molecular weight is 337 g/mol. The van der Waals surface area contributed by atoms with E-state index in [1.165, 1.54) is 33.2 Å². The normalized spacial score (nSPS) is 11.7. The van der Waals surface area contributed by atoms with Crippen LogP contribution in [0.5, 0.6) is 0 Å². The molecule has 5 aromatic rings. The molecule has 3 aromatic heterocycles. The Morgan fingerprint density at radius 1 is 0.808 bits per heavy atom. The SMILES string of the molecule is Cc1ccc2c(c1)c1cccnc1c1ncc(-c3c(C)cccc3C)n21. The number of pyridine rings is 2. The second-order valence-electron chi connectivity index (χ2n) is 6.99. The van der Waals surface area contributed by atoms with E-state index in [1.807, 2.05) is 18.5 Å². The van der Waals surface area contributed by atoms with Gasteiger partial charge in [-0.3, -0.25) is 9.38 Å². The minimum atomic E-state index is 0.912. The summed E-state index contributed by atoms with van der Waals surface area (Å²) in [6.45, 7) is 6.45. The van der Waals surface area contributed by atoms with Crippen molar-refractivity contribution in [2.45, 2.75) is 20.8 Å². The summed E-state index contributed by atoms with van der Waals surface area (Å²) in [7, 11) is 0. The third kappa shape index (κ3) is 2.00. The molecule has 0 saturated heterocycles. The molecule has 0 radical (unpaired) electrons. The lowest BCUT2D eigenvalue weighted by atomic mass is 10.00. The van der Waals surface area contributed by atoms with Gasteiger partial charge in [-0.05, 0) is 50.1 Å². The number of aromatic nitrogens is 3. The van der Waals surface area contributed by atoms with Crippen LogP contribution in [0, 0.1) is 20.8 Å². The molecule has 2 aromatic carbocycles. The first-order valence-corrected chi connectivity index (χ1v) is 8.86. The van der Waals surface area contributed by atoms with E-state index in [-0.39, 0.29) is 0 Å². The van der Waals surface area contributed by atoms with Gasteiger partial charge in [0.15, 0.2) is 5.65 Å². The van der Waals surface area contributed by atoms with Crippen molar-refractivity contribution in [3.63, 3.8) is 0 Å². The van der Waals surface area contributed by atoms with Crippen molar-refractivity contribution in [2.24, 2.45) is 0 Å². The topological polar surface area (TPSA) is 30.2 Å². The maximum atomic E-state index is 4.78. The van der Waals surface area contributed by atoms with Crippen LogP contribution in [0.15, 0.2) is 60.9 Å². The zero-order valence-electron chi connectivity index (χ0n) is 15.1. The number of benzene rings is 2. The Bertz CT molecular complexity index is 1290. The van der Waals surface area contributed by atoms with Gasteiger partial charge in [0.1, 0.15) is 5.52 Å². The van der Waals surface area contributed by atoms with Gasteiger partial charge in [-0.15, -0.1) is 0 Å². The van der Waals surface area contributed by atoms with Gasteiger partial charge in [-0.25, -0.2) is 4.98 Å². The number of nitrogens with zero attached hydrogens (tertiary/aromatic N) is 3. The molecule has 3 nitrogen and oxygen atoms in total. The molecule has 0 aliphatic rings. The molecule has 0 spiro atoms. The first-order chi connectivity index (χ1) is 12.6. The quantitative estimate of drug-likeness (QED) is 0.371. The summed E-state index contributed by atoms with van der Waals surface area (Å²) in [6, 6.07) is 17.2. The van der Waals surface area contributed by atoms with Crippen LogP contribution in [0.3, 0.4) is 0 Å². The number of hydrogen-bond acceptors (Lipinski definition) is 2. The molecule has 26 heavy (non-hydrogen) atoms. The molecular formula is C23H19N3. The van der Waals surface area contributed by atoms with Crippen molar-refractivity contribution in [3.05, 3.63) is 77.6 Å². The Labute approximate surface area is 152 Å². The summed E-state index contributed by atoms with van der Waals surface area (Å²) in [5, 5.41) is 2.36. The predicted octanol–water partition coefficient (Wildman–Crippen LogP) is 5.63. The van der Waals surface area contributed by atoms with Crippen LogP contribution in [0.1, 0.15) is 16.7 Å². The fourth-order valence-corrected chi connectivity index (χ4v) is 4.02. The lowest BCUT2D eigenvalue weighted by Crippen LogP contribution is -1.97. The Kier molecular flexibility index (Phi) is 3.13. The lowest BCUT2D eigenvalue weighted by Gasteiger charge is -2.13. The molecule has 0 N–H and O–H groups in total. The van der Waals surface area contributed by atoms with Gasteiger partial charge in [0.05, 0.1) is 17.4 Å². The minimum absolute atomic E-state index is 0.912. The van der Waals surface area contributed by atoms with Crippen LogP contribution in [-0.4, -0.2) is 14.4 Å². The van der Waals surface area contributed by atoms with E-state index < -0.39 is 0 Å². The van der Waals surface area contributed by atoms with Crippen LogP contribution in [0.25, 0.3) is 38.7 Å². The molecule has 0 fully saturated rings. The first kappa shape index (κ1) is 15.1. The summed E-state index contributed by atoms with van der Waals surface area (Å²) < 4.78 is 2.26. The second kappa shape index (κ2) is 5.40. The van der Waals surface area contributed by atoms with E-state index in [4.69, 9.17) is 4.98 Å². The van der Waals surface area contributed by atoms with E-state index in [9.17, 15) is 0 Å². The highest BCUT2D eigenvalue weighted by atomic mass is 15.0. The van der Waals surface area contributed by atoms with Gasteiger partial charge in [0.2, 0.25) is 0 Å². The van der Waals surface area contributed by atoms with Gasteiger partial charge < -0.3 is 0 Å². The van der Waals surface area contributed by atoms with Crippen LogP contribution in [0.2, 0.25) is 0 Å². The molecule has 0 aliphatic carbocycles. The zero-order chi connectivity index (χ0) is 17.8. The third-order valence-corrected chi connectivity index (χ3v) is 5.20. The third-order valence-electron chi connectivity index (χ3n) is 5.20. The van der Waals surface area contributed by atoms with Crippen LogP contribution < -0.4 is 0 Å². The molecule has 126 valence electrons. The van der Waals surface area contributed by atoms with E-state index in [0.29, 0.717) is 0 Å². The van der Waals surface area contributed by atoms with Crippen LogP contribution in [0.4, 0.5) is 0 Å². The number of fused-ring (bicyclic) bond motifs is 6. The summed E-state index contributed by atoms with van der Waals surface area (Å²) in [5.74, 6) is 0. The highest BCUT2D eigenvalue weighted by Crippen LogP contribution is 2.34. The van der Waals surface area contributed by atoms with E-state index in [1.54, 1.807) is 0 Å². The van der Waals surface area contributed by atoms with E-state index in [0.717, 1.165) is 22.2 Å². The summed E-state index contributed by atoms with van der Waals surface area (Å²) in [5.41, 5.74) is 9.16. The van der Waals surface area contributed by atoms with Gasteiger partial charge in [0.25, 0.3) is 0 Å². The summed E-state index contributed by atoms with van der Waals surface area (Å²) in [4.78, 5) is 9.44. The molecule has 3 heteroatoms. The van der Waals surface area contributed by atoms with Crippen molar-refractivity contribution >= 4 is 27.5 Å². The maximum absolute atomic E-state index is 4.78. The number of imidazole rings is 1. The second-order valence-corrected chi connectivity index (χ2v) is 6.99. The van der Waals surface area contributed by atoms with Gasteiger partial charge in [-0.2, -0.15) is 0 Å². The molecule has 0 unspecified atom stereocenters. The van der Waals surface area contributed by atoms with E-state index in [2.05, 4.69) is 72.6 Å². The molecule has 0 atom stereocenters. The van der Waals surface area contributed by atoms with Crippen molar-refractivity contribution in [1.82, 2.24) is 14.4 Å². The average Bonchev–Trinajstić information content (AvgIpc) is 3.07. The van der Waals surface area contributed by atoms with Crippen molar-refractivity contribution in [3.8, 4) is 11.3 Å². The van der Waals surface area contributed by atoms with Gasteiger partial charge >= 0.3 is 0 Å². The number of hydrogen-bond donors (Lipinski definition) is 0. The maximum Gasteiger partial charge on any atom is 0.164 e. The van der Waals surface area contributed by atoms with Crippen molar-refractivity contribution < 1.29 is 0 Å². The molecule has 3 heterocycles. The molecule has 5 rings (SSSR count). The first-order valence-electron chi connectivity index (χ1n) is 8.86. The van der Waals surface area contributed by atoms with Gasteiger partial charge in [0, 0.05) is 22.5 Å². The van der Waals surface area contributed by atoms with Crippen LogP contribution in [-0.2, 0) is 0 Å². The Balaban J connectivity index is 2.05. The van der Waals surface area contributed by atoms with Crippen LogP contribution >= 0.6 is 0 Å². The Morgan fingerprint density at radius 3 is 2.42 bits per heavy atom. The predicted molar refractivity (Wildman–Crippen MR) is 108 cm³/mol. The lowest BCUT2D eigenvalue weighted by molar-refractivity contribution is 1.23. The fourth-order valence-electron chi connectivity index (χ4n) is 4.02.